The number of rotatable bonds is 9. The smallest absolute Gasteiger partial charge is 0.187 e. The summed E-state index contributed by atoms with van der Waals surface area (Å²) in [5.41, 5.74) is 6.00. The molecular weight excluding hydrogens is 615 g/mol. The second-order valence-electron chi connectivity index (χ2n) is 10.7. The van der Waals surface area contributed by atoms with Crippen molar-refractivity contribution in [2.24, 2.45) is 0 Å². The summed E-state index contributed by atoms with van der Waals surface area (Å²) in [6.45, 7) is 3.05. The number of aryl methyl sites for hydroxylation is 1. The van der Waals surface area contributed by atoms with Crippen molar-refractivity contribution in [1.29, 1.82) is 0 Å². The van der Waals surface area contributed by atoms with Gasteiger partial charge < -0.3 is 5.32 Å². The number of benzene rings is 3. The summed E-state index contributed by atoms with van der Waals surface area (Å²) >= 11 is 18.3. The molecule has 5 aromatic rings. The average molecular weight is 644 g/mol. The van der Waals surface area contributed by atoms with Gasteiger partial charge in [0.05, 0.1) is 11.2 Å². The van der Waals surface area contributed by atoms with Gasteiger partial charge in [0.15, 0.2) is 5.78 Å². The molecule has 10 heteroatoms. The van der Waals surface area contributed by atoms with E-state index in [1.54, 1.807) is 6.20 Å². The van der Waals surface area contributed by atoms with E-state index in [-0.39, 0.29) is 5.78 Å². The number of pyridine rings is 1. The Hall–Kier alpha value is -4.01. The zero-order chi connectivity index (χ0) is 30.5. The van der Waals surface area contributed by atoms with Crippen LogP contribution in [0.2, 0.25) is 15.1 Å². The molecule has 0 unspecified atom stereocenters. The minimum Gasteiger partial charge on any atom is -0.384 e. The molecule has 0 amide bonds. The summed E-state index contributed by atoms with van der Waals surface area (Å²) in [4.78, 5) is 20.2. The first-order chi connectivity index (χ1) is 21.4. The van der Waals surface area contributed by atoms with Gasteiger partial charge in [-0.15, -0.1) is 5.10 Å². The quantitative estimate of drug-likeness (QED) is 0.130. The van der Waals surface area contributed by atoms with E-state index in [0.717, 1.165) is 52.9 Å². The first-order valence-corrected chi connectivity index (χ1v) is 15.4. The molecule has 1 fully saturated rings. The Morgan fingerprint density at radius 1 is 0.818 bits per heavy atom. The molecule has 0 spiro atoms. The van der Waals surface area contributed by atoms with Gasteiger partial charge in [0.2, 0.25) is 0 Å². The summed E-state index contributed by atoms with van der Waals surface area (Å²) in [5.74, 6) is 0.0346. The second kappa shape index (κ2) is 13.7. The zero-order valence-corrected chi connectivity index (χ0v) is 26.0. The molecule has 2 aromatic heterocycles. The Kier molecular flexibility index (Phi) is 9.38. The van der Waals surface area contributed by atoms with Crippen molar-refractivity contribution in [3.05, 3.63) is 128 Å². The lowest BCUT2D eigenvalue weighted by atomic mass is 9.94. The first-order valence-electron chi connectivity index (χ1n) is 14.3. The van der Waals surface area contributed by atoms with E-state index in [4.69, 9.17) is 34.8 Å². The van der Waals surface area contributed by atoms with Gasteiger partial charge >= 0.3 is 0 Å². The van der Waals surface area contributed by atoms with E-state index >= 15 is 0 Å². The lowest BCUT2D eigenvalue weighted by molar-refractivity contribution is -0.113. The van der Waals surface area contributed by atoms with Crippen LogP contribution in [-0.4, -0.2) is 50.3 Å². The Labute approximate surface area is 270 Å². The molecule has 0 radical (unpaired) electrons. The van der Waals surface area contributed by atoms with Crippen LogP contribution in [-0.2, 0) is 17.9 Å². The summed E-state index contributed by atoms with van der Waals surface area (Å²) < 4.78 is 1.87. The summed E-state index contributed by atoms with van der Waals surface area (Å²) in [5, 5.41) is 15.3. The van der Waals surface area contributed by atoms with Gasteiger partial charge in [0.25, 0.3) is 0 Å². The molecular formula is C34H29Cl3N6O. The fourth-order valence-electron chi connectivity index (χ4n) is 5.23. The molecule has 7 nitrogen and oxygen atoms in total. The van der Waals surface area contributed by atoms with Crippen molar-refractivity contribution in [3.8, 4) is 0 Å². The van der Waals surface area contributed by atoms with E-state index < -0.39 is 0 Å². The number of likely N-dealkylation sites (tertiary alicyclic amines) is 1. The number of piperidine rings is 1. The number of halogens is 3. The van der Waals surface area contributed by atoms with Crippen LogP contribution in [0.5, 0.6) is 0 Å². The molecule has 0 atom stereocenters. The van der Waals surface area contributed by atoms with Crippen LogP contribution in [0, 0.1) is 0 Å². The highest BCUT2D eigenvalue weighted by molar-refractivity contribution is 6.31. The number of anilines is 1. The number of Topliss-reactive ketones (excluding diaryl/α,β-unsaturated/α-hetero) is 1. The minimum atomic E-state index is 0.0346. The highest BCUT2D eigenvalue weighted by Gasteiger charge is 2.27. The fraction of sp³-hybridized carbons (Fsp3) is 0.176. The molecule has 1 N–H and O–H groups in total. The number of aromatic nitrogens is 4. The predicted octanol–water partition coefficient (Wildman–Crippen LogP) is 7.84. The molecule has 0 aliphatic carbocycles. The Morgan fingerprint density at radius 2 is 1.45 bits per heavy atom. The molecule has 1 saturated heterocycles. The van der Waals surface area contributed by atoms with Gasteiger partial charge in [0.1, 0.15) is 0 Å². The number of hydrogen-bond acceptors (Lipinski definition) is 6. The van der Waals surface area contributed by atoms with Gasteiger partial charge in [-0.3, -0.25) is 19.4 Å². The van der Waals surface area contributed by atoms with Crippen LogP contribution in [0.3, 0.4) is 0 Å². The Morgan fingerprint density at radius 3 is 2.11 bits per heavy atom. The number of hydrogen-bond donors (Lipinski definition) is 1. The maximum Gasteiger partial charge on any atom is 0.187 e. The summed E-state index contributed by atoms with van der Waals surface area (Å²) in [6.07, 6.45) is 8.49. The maximum absolute atomic E-state index is 13.5. The lowest BCUT2D eigenvalue weighted by Crippen LogP contribution is -2.37. The molecule has 0 bridgehead atoms. The lowest BCUT2D eigenvalue weighted by Gasteiger charge is -2.29. The van der Waals surface area contributed by atoms with Crippen LogP contribution in [0.4, 0.5) is 5.69 Å². The van der Waals surface area contributed by atoms with Crippen LogP contribution < -0.4 is 5.32 Å². The number of nitrogens with zero attached hydrogens (tertiary/aromatic N) is 5. The number of carbonyl (C=O) groups is 1. The Bertz CT molecular complexity index is 1780. The highest BCUT2D eigenvalue weighted by atomic mass is 35.5. The SMILES string of the molecule is O=C1/C(=C/c2ccc(Cl)cc2)CN(Cc2cn(CCCNc3ccnc4cc(Cl)ccc34)nn2)C/C1=C\c1ccc(Cl)cc1. The van der Waals surface area contributed by atoms with Gasteiger partial charge in [-0.05, 0) is 78.2 Å². The Balaban J connectivity index is 1.12. The number of ketones is 1. The van der Waals surface area contributed by atoms with Gasteiger partial charge in [-0.2, -0.15) is 0 Å². The van der Waals surface area contributed by atoms with Crippen molar-refractivity contribution in [2.45, 2.75) is 19.5 Å². The van der Waals surface area contributed by atoms with Crippen molar-refractivity contribution in [1.82, 2.24) is 24.9 Å². The topological polar surface area (TPSA) is 75.9 Å². The number of nitrogens with one attached hydrogen (secondary N) is 1. The van der Waals surface area contributed by atoms with E-state index in [2.05, 4.69) is 25.5 Å². The molecule has 1 aliphatic rings. The molecule has 222 valence electrons. The number of fused-ring (bicyclic) bond motifs is 1. The predicted molar refractivity (Wildman–Crippen MR) is 179 cm³/mol. The largest absolute Gasteiger partial charge is 0.384 e. The fourth-order valence-corrected chi connectivity index (χ4v) is 5.65. The van der Waals surface area contributed by atoms with Gasteiger partial charge in [0, 0.05) is 82.4 Å². The molecule has 6 rings (SSSR count). The third-order valence-electron chi connectivity index (χ3n) is 7.35. The zero-order valence-electron chi connectivity index (χ0n) is 23.8. The second-order valence-corrected chi connectivity index (χ2v) is 12.0. The van der Waals surface area contributed by atoms with Crippen molar-refractivity contribution < 1.29 is 4.79 Å². The first kappa shape index (κ1) is 30.0. The van der Waals surface area contributed by atoms with Crippen LogP contribution >= 0.6 is 34.8 Å². The molecule has 0 saturated carbocycles. The van der Waals surface area contributed by atoms with Crippen molar-refractivity contribution in [3.63, 3.8) is 0 Å². The van der Waals surface area contributed by atoms with Crippen LogP contribution in [0.15, 0.2) is 96.3 Å². The van der Waals surface area contributed by atoms with E-state index in [9.17, 15) is 4.79 Å². The third-order valence-corrected chi connectivity index (χ3v) is 8.09. The summed E-state index contributed by atoms with van der Waals surface area (Å²) in [6, 6.07) is 22.7. The van der Waals surface area contributed by atoms with Gasteiger partial charge in [-0.25, -0.2) is 0 Å². The molecule has 1 aliphatic heterocycles. The number of carbonyl (C=O) groups excluding carboxylic acids is 1. The minimum absolute atomic E-state index is 0.0346. The average Bonchev–Trinajstić information content (AvgIpc) is 3.46. The summed E-state index contributed by atoms with van der Waals surface area (Å²) in [7, 11) is 0. The van der Waals surface area contributed by atoms with E-state index in [1.165, 1.54) is 0 Å². The normalized spacial score (nSPS) is 15.8. The molecule has 3 heterocycles. The standard InChI is InChI=1S/C34H29Cl3N6O/c35-27-6-2-23(3-7-27)16-25-19-42(20-26(34(25)44)17-24-4-8-28(36)9-5-24)21-30-22-43(41-40-30)15-1-13-38-32-12-14-39-33-18-29(37)10-11-31(32)33/h2-12,14,16-18,22H,1,13,15,19-21H2,(H,38,39)/b25-16+,26-17+. The van der Waals surface area contributed by atoms with Crippen LogP contribution in [0.25, 0.3) is 23.1 Å². The van der Waals surface area contributed by atoms with Crippen molar-refractivity contribution in [2.75, 3.05) is 25.0 Å². The third kappa shape index (κ3) is 7.55. The highest BCUT2D eigenvalue weighted by Crippen LogP contribution is 2.26. The van der Waals surface area contributed by atoms with Crippen LogP contribution in [0.1, 0.15) is 23.2 Å². The van der Waals surface area contributed by atoms with Gasteiger partial charge in [-0.1, -0.05) is 64.3 Å². The monoisotopic (exact) mass is 642 g/mol. The van der Waals surface area contributed by atoms with Crippen molar-refractivity contribution >= 4 is 69.3 Å². The maximum atomic E-state index is 13.5. The molecule has 44 heavy (non-hydrogen) atoms. The van der Waals surface area contributed by atoms with E-state index in [0.29, 0.717) is 45.8 Å². The molecule has 3 aromatic carbocycles. The van der Waals surface area contributed by atoms with E-state index in [1.807, 2.05) is 95.8 Å².